The molecule has 2 atom stereocenters. The first-order valence-electron chi connectivity index (χ1n) is 6.08. The van der Waals surface area contributed by atoms with Gasteiger partial charge in [-0.15, -0.1) is 12.4 Å². The third-order valence-corrected chi connectivity index (χ3v) is 3.11. The maximum absolute atomic E-state index is 10.9. The zero-order chi connectivity index (χ0) is 15.7. The molecule has 0 saturated heterocycles. The summed E-state index contributed by atoms with van der Waals surface area (Å²) in [7, 11) is 1.29. The fourth-order valence-corrected chi connectivity index (χ4v) is 1.84. The fourth-order valence-electron chi connectivity index (χ4n) is 1.84. The van der Waals surface area contributed by atoms with Crippen molar-refractivity contribution in [2.75, 3.05) is 7.11 Å². The van der Waals surface area contributed by atoms with Crippen LogP contribution in [0.1, 0.15) is 32.4 Å². The first-order chi connectivity index (χ1) is 9.09. The number of methoxy groups -OCH3 is 1. The minimum atomic E-state index is -0.986. The smallest absolute Gasteiger partial charge is 0.273 e. The Balaban J connectivity index is 0.00000400. The molecule has 8 heteroatoms. The van der Waals surface area contributed by atoms with E-state index in [-0.39, 0.29) is 35.2 Å². The van der Waals surface area contributed by atoms with Crippen molar-refractivity contribution in [1.82, 2.24) is 0 Å². The molecule has 21 heavy (non-hydrogen) atoms. The average Bonchev–Trinajstić information content (AvgIpc) is 2.35. The number of phenolic OH excluding ortho intramolecular Hbond substituents is 1. The van der Waals surface area contributed by atoms with Gasteiger partial charge in [0.1, 0.15) is 0 Å². The Bertz CT molecular complexity index is 516. The highest BCUT2D eigenvalue weighted by molar-refractivity contribution is 5.85. The molecule has 4 N–H and O–H groups in total. The minimum Gasteiger partial charge on any atom is -0.504 e. The molecule has 1 aromatic rings. The van der Waals surface area contributed by atoms with Crippen LogP contribution >= 0.6 is 12.4 Å². The number of halogens is 1. The van der Waals surface area contributed by atoms with E-state index in [0.29, 0.717) is 0 Å². The molecular formula is C13H21ClN2O5. The van der Waals surface area contributed by atoms with Gasteiger partial charge in [0.05, 0.1) is 30.2 Å². The monoisotopic (exact) mass is 320 g/mol. The summed E-state index contributed by atoms with van der Waals surface area (Å²) in [5.41, 5.74) is 5.22. The van der Waals surface area contributed by atoms with Crippen molar-refractivity contribution in [1.29, 1.82) is 0 Å². The van der Waals surface area contributed by atoms with Gasteiger partial charge >= 0.3 is 0 Å². The summed E-state index contributed by atoms with van der Waals surface area (Å²) in [6.45, 7) is 5.34. The number of nitro groups is 1. The van der Waals surface area contributed by atoms with Crippen molar-refractivity contribution in [2.24, 2.45) is 11.1 Å². The van der Waals surface area contributed by atoms with Crippen LogP contribution in [0, 0.1) is 15.5 Å². The van der Waals surface area contributed by atoms with Crippen molar-refractivity contribution in [3.63, 3.8) is 0 Å². The number of phenols is 1. The summed E-state index contributed by atoms with van der Waals surface area (Å²) < 4.78 is 4.90. The second-order valence-corrected chi connectivity index (χ2v) is 5.68. The van der Waals surface area contributed by atoms with E-state index in [9.17, 15) is 20.3 Å². The lowest BCUT2D eigenvalue weighted by Crippen LogP contribution is -2.37. The number of aliphatic hydroxyl groups is 1. The Labute approximate surface area is 129 Å². The van der Waals surface area contributed by atoms with Gasteiger partial charge < -0.3 is 20.7 Å². The first-order valence-corrected chi connectivity index (χ1v) is 6.08. The van der Waals surface area contributed by atoms with Crippen LogP contribution in [-0.4, -0.2) is 28.4 Å². The van der Waals surface area contributed by atoms with Gasteiger partial charge in [0.15, 0.2) is 11.5 Å². The summed E-state index contributed by atoms with van der Waals surface area (Å²) in [6, 6.07) is 1.29. The van der Waals surface area contributed by atoms with E-state index >= 15 is 0 Å². The van der Waals surface area contributed by atoms with E-state index in [0.717, 1.165) is 12.1 Å². The second-order valence-electron chi connectivity index (χ2n) is 5.68. The number of hydrogen-bond acceptors (Lipinski definition) is 6. The number of non-ortho nitro benzene ring substituents is 1. The summed E-state index contributed by atoms with van der Waals surface area (Å²) in [5, 5.41) is 31.1. The fraction of sp³-hybridized carbons (Fsp3) is 0.538. The molecule has 1 rings (SSSR count). The average molecular weight is 321 g/mol. The molecule has 0 saturated carbocycles. The number of nitrogens with two attached hydrogens (primary N) is 1. The van der Waals surface area contributed by atoms with E-state index < -0.39 is 22.5 Å². The number of hydrogen-bond donors (Lipinski definition) is 3. The summed E-state index contributed by atoms with van der Waals surface area (Å²) >= 11 is 0. The van der Waals surface area contributed by atoms with Crippen molar-refractivity contribution in [2.45, 2.75) is 32.9 Å². The van der Waals surface area contributed by atoms with E-state index in [1.165, 1.54) is 7.11 Å². The third kappa shape index (κ3) is 4.20. The van der Waals surface area contributed by atoms with Gasteiger partial charge in [-0.2, -0.15) is 0 Å². The molecule has 0 bridgehead atoms. The number of aromatic hydroxyl groups is 1. The molecule has 0 aromatic heterocycles. The Kier molecular flexibility index (Phi) is 6.41. The topological polar surface area (TPSA) is 119 Å². The van der Waals surface area contributed by atoms with Gasteiger partial charge in [0.25, 0.3) is 5.69 Å². The number of aliphatic hydroxyl groups excluding tert-OH is 1. The second kappa shape index (κ2) is 6.93. The Hall–Kier alpha value is -1.57. The standard InChI is InChI=1S/C13H20N2O5.ClH/c1-13(2,3)12(17)10(14)8-5-7(15(18)19)6-9(20-4)11(8)16;/h5-6,10,12,16-17H,14H2,1-4H3;1H/t10-,12-;/m1./s1. The number of benzene rings is 1. The highest BCUT2D eigenvalue weighted by atomic mass is 35.5. The van der Waals surface area contributed by atoms with E-state index in [1.807, 2.05) is 0 Å². The predicted molar refractivity (Wildman–Crippen MR) is 81.0 cm³/mol. The molecule has 0 aliphatic carbocycles. The van der Waals surface area contributed by atoms with Gasteiger partial charge in [-0.05, 0) is 5.41 Å². The van der Waals surface area contributed by atoms with Crippen LogP contribution in [0.4, 0.5) is 5.69 Å². The number of rotatable bonds is 4. The number of nitro benzene ring substituents is 1. The minimum absolute atomic E-state index is 0. The van der Waals surface area contributed by atoms with Gasteiger partial charge in [-0.3, -0.25) is 10.1 Å². The predicted octanol–water partition coefficient (Wildman–Crippen LogP) is 2.14. The van der Waals surface area contributed by atoms with Gasteiger partial charge in [-0.25, -0.2) is 0 Å². The molecule has 0 unspecified atom stereocenters. The lowest BCUT2D eigenvalue weighted by molar-refractivity contribution is -0.385. The SMILES string of the molecule is COc1cc([N+](=O)[O-])cc([C@@H](N)[C@@H](O)C(C)(C)C)c1O.Cl. The zero-order valence-corrected chi connectivity index (χ0v) is 13.2. The summed E-state index contributed by atoms with van der Waals surface area (Å²) in [5.74, 6) is -0.348. The normalized spacial score (nSPS) is 14.0. The van der Waals surface area contributed by atoms with E-state index in [1.54, 1.807) is 20.8 Å². The maximum atomic E-state index is 10.9. The van der Waals surface area contributed by atoms with E-state index in [4.69, 9.17) is 10.5 Å². The van der Waals surface area contributed by atoms with Crippen LogP contribution in [0.25, 0.3) is 0 Å². The molecule has 0 aliphatic heterocycles. The van der Waals surface area contributed by atoms with Gasteiger partial charge in [0.2, 0.25) is 0 Å². The lowest BCUT2D eigenvalue weighted by atomic mass is 9.82. The van der Waals surface area contributed by atoms with Crippen molar-refractivity contribution in [3.05, 3.63) is 27.8 Å². The Morgan fingerprint density at radius 3 is 2.29 bits per heavy atom. The van der Waals surface area contributed by atoms with Crippen molar-refractivity contribution < 1.29 is 19.9 Å². The quantitative estimate of drug-likeness (QED) is 0.577. The van der Waals surface area contributed by atoms with Crippen molar-refractivity contribution in [3.8, 4) is 11.5 Å². The largest absolute Gasteiger partial charge is 0.504 e. The third-order valence-electron chi connectivity index (χ3n) is 3.11. The van der Waals surface area contributed by atoms with Gasteiger partial charge in [-0.1, -0.05) is 20.8 Å². The lowest BCUT2D eigenvalue weighted by Gasteiger charge is -2.31. The molecule has 0 aliphatic rings. The molecule has 0 heterocycles. The molecule has 0 amide bonds. The molecule has 0 radical (unpaired) electrons. The van der Waals surface area contributed by atoms with Crippen LogP contribution in [0.3, 0.4) is 0 Å². The van der Waals surface area contributed by atoms with Gasteiger partial charge in [0, 0.05) is 11.6 Å². The molecular weight excluding hydrogens is 300 g/mol. The zero-order valence-electron chi connectivity index (χ0n) is 12.4. The maximum Gasteiger partial charge on any atom is 0.273 e. The Morgan fingerprint density at radius 2 is 1.90 bits per heavy atom. The highest BCUT2D eigenvalue weighted by Crippen LogP contribution is 2.40. The van der Waals surface area contributed by atoms with E-state index in [2.05, 4.69) is 0 Å². The number of ether oxygens (including phenoxy) is 1. The van der Waals surface area contributed by atoms with Crippen LogP contribution < -0.4 is 10.5 Å². The number of nitrogens with zero attached hydrogens (tertiary/aromatic N) is 1. The molecule has 1 aromatic carbocycles. The molecule has 7 nitrogen and oxygen atoms in total. The van der Waals surface area contributed by atoms with Crippen LogP contribution in [0.15, 0.2) is 12.1 Å². The Morgan fingerprint density at radius 1 is 1.38 bits per heavy atom. The highest BCUT2D eigenvalue weighted by Gasteiger charge is 2.32. The summed E-state index contributed by atoms with van der Waals surface area (Å²) in [4.78, 5) is 10.3. The summed E-state index contributed by atoms with van der Waals surface area (Å²) in [6.07, 6.45) is -0.986. The van der Waals surface area contributed by atoms with Crippen molar-refractivity contribution >= 4 is 18.1 Å². The van der Waals surface area contributed by atoms with Crippen LogP contribution in [-0.2, 0) is 0 Å². The molecule has 0 fully saturated rings. The molecule has 0 spiro atoms. The van der Waals surface area contributed by atoms with Crippen LogP contribution in [0.2, 0.25) is 0 Å². The first kappa shape index (κ1) is 19.4. The molecule has 120 valence electrons. The van der Waals surface area contributed by atoms with Crippen LogP contribution in [0.5, 0.6) is 11.5 Å².